The van der Waals surface area contributed by atoms with Crippen LogP contribution in [0.2, 0.25) is 36.3 Å². The van der Waals surface area contributed by atoms with Crippen molar-refractivity contribution in [3.05, 3.63) is 47.6 Å². The number of ether oxygens (including phenoxy) is 1. The number of aromatic nitrogens is 4. The highest BCUT2D eigenvalue weighted by molar-refractivity contribution is 8.07. The van der Waals surface area contributed by atoms with E-state index in [1.165, 1.54) is 6.33 Å². The van der Waals surface area contributed by atoms with Crippen LogP contribution in [-0.2, 0) is 39.0 Å². The molecule has 0 aliphatic carbocycles. The Bertz CT molecular complexity index is 1790. The summed E-state index contributed by atoms with van der Waals surface area (Å²) >= 11 is 5.66. The van der Waals surface area contributed by atoms with Crippen LogP contribution >= 0.6 is 6.72 Å². The second-order valence-corrected chi connectivity index (χ2v) is 28.2. The maximum Gasteiger partial charge on any atom is 0.327 e. The number of rotatable bonds is 9. The lowest BCUT2D eigenvalue weighted by Crippen LogP contribution is -2.54. The summed E-state index contributed by atoms with van der Waals surface area (Å²) in [6.45, 7) is 17.4. The van der Waals surface area contributed by atoms with Crippen LogP contribution in [0.15, 0.2) is 18.7 Å². The van der Waals surface area contributed by atoms with Gasteiger partial charge in [0.2, 0.25) is 0 Å². The molecule has 0 bridgehead atoms. The minimum Gasteiger partial charge on any atom is -0.408 e. The highest BCUT2D eigenvalue weighted by Crippen LogP contribution is 2.58. The number of hydrogen-bond donors (Lipinski definition) is 1. The molecule has 50 heavy (non-hydrogen) atoms. The van der Waals surface area contributed by atoms with Crippen LogP contribution in [0, 0.1) is 23.3 Å². The van der Waals surface area contributed by atoms with Crippen molar-refractivity contribution in [3.63, 3.8) is 0 Å². The van der Waals surface area contributed by atoms with Gasteiger partial charge in [-0.3, -0.25) is 4.57 Å². The number of hydrogen-bond acceptors (Lipinski definition) is 11. The zero-order chi connectivity index (χ0) is 37.2. The van der Waals surface area contributed by atoms with Gasteiger partial charge < -0.3 is 32.9 Å². The second-order valence-electron chi connectivity index (χ2n) is 15.7. The van der Waals surface area contributed by atoms with E-state index >= 15 is 0 Å². The lowest BCUT2D eigenvalue weighted by molar-refractivity contribution is -0.0516. The van der Waals surface area contributed by atoms with Crippen molar-refractivity contribution in [2.24, 2.45) is 0 Å². The molecule has 0 amide bonds. The van der Waals surface area contributed by atoms with E-state index < -0.39 is 82.8 Å². The summed E-state index contributed by atoms with van der Waals surface area (Å²) in [7, 11) is -5.00. The van der Waals surface area contributed by atoms with Crippen LogP contribution in [-0.4, -0.2) is 67.7 Å². The molecular formula is C31H46F4N5O6PSSi2. The van der Waals surface area contributed by atoms with E-state index in [-0.39, 0.29) is 35.5 Å². The summed E-state index contributed by atoms with van der Waals surface area (Å²) in [4.78, 5) is 13.0. The van der Waals surface area contributed by atoms with Crippen molar-refractivity contribution in [3.8, 4) is 0 Å². The summed E-state index contributed by atoms with van der Waals surface area (Å²) in [6.07, 6.45) is -1.28. The zero-order valence-corrected chi connectivity index (χ0v) is 33.6. The van der Waals surface area contributed by atoms with E-state index in [0.29, 0.717) is 17.2 Å². The number of nitrogen functional groups attached to an aromatic ring is 1. The maximum atomic E-state index is 14.8. The molecule has 2 aliphatic heterocycles. The minimum absolute atomic E-state index is 0.00339. The summed E-state index contributed by atoms with van der Waals surface area (Å²) in [5.41, 5.74) is 6.45. The Balaban J connectivity index is 1.52. The van der Waals surface area contributed by atoms with E-state index in [0.717, 1.165) is 0 Å². The third kappa shape index (κ3) is 7.61. The van der Waals surface area contributed by atoms with Crippen molar-refractivity contribution in [2.75, 3.05) is 18.9 Å². The molecule has 3 aromatic rings. The number of halogens is 4. The van der Waals surface area contributed by atoms with E-state index in [9.17, 15) is 17.6 Å². The van der Waals surface area contributed by atoms with Gasteiger partial charge in [0.05, 0.1) is 25.6 Å². The topological polar surface area (TPSA) is 125 Å². The fourth-order valence-corrected chi connectivity index (χ4v) is 9.91. The van der Waals surface area contributed by atoms with Crippen LogP contribution in [0.25, 0.3) is 11.2 Å². The summed E-state index contributed by atoms with van der Waals surface area (Å²) in [5, 5.41) is -0.374. The zero-order valence-electron chi connectivity index (χ0n) is 29.9. The minimum atomic E-state index is -3.66. The van der Waals surface area contributed by atoms with Gasteiger partial charge in [0.15, 0.2) is 57.6 Å². The van der Waals surface area contributed by atoms with Crippen LogP contribution in [0.5, 0.6) is 0 Å². The molecule has 6 atom stereocenters. The monoisotopic (exact) mass is 779 g/mol. The van der Waals surface area contributed by atoms with Crippen molar-refractivity contribution in [1.82, 2.24) is 19.5 Å². The smallest absolute Gasteiger partial charge is 0.327 e. The predicted molar refractivity (Wildman–Crippen MR) is 189 cm³/mol. The van der Waals surface area contributed by atoms with Crippen LogP contribution in [0.1, 0.15) is 65.9 Å². The average molecular weight is 780 g/mol. The molecule has 19 heteroatoms. The third-order valence-electron chi connectivity index (χ3n) is 10.2. The molecule has 278 valence electrons. The number of imidazole rings is 1. The number of nitrogens with zero attached hydrogens (tertiary/aromatic N) is 4. The summed E-state index contributed by atoms with van der Waals surface area (Å²) in [6, 6.07) is 0.561. The highest BCUT2D eigenvalue weighted by Gasteiger charge is 2.55. The fraction of sp³-hybridized carbons (Fsp3) is 0.645. The van der Waals surface area contributed by atoms with E-state index in [2.05, 4.69) is 82.7 Å². The second kappa shape index (κ2) is 13.8. The molecular weight excluding hydrogens is 734 g/mol. The molecule has 2 unspecified atom stereocenters. The van der Waals surface area contributed by atoms with Gasteiger partial charge in [0.1, 0.15) is 30.2 Å². The SMILES string of the molecule is CC(C)(C)[Si](C)(C)O[C@@H]1[C@H](O[Si](C)(C)C(C)(C)C)[C@@H](COP2(=S)OCCC(c3cc(F)c(F)c(F)c3F)O2)O[C@H]1n1cnc2c(N)ncnc21. The van der Waals surface area contributed by atoms with Gasteiger partial charge in [-0.05, 0) is 54.1 Å². The Hall–Kier alpha value is -1.87. The van der Waals surface area contributed by atoms with Gasteiger partial charge in [-0.25, -0.2) is 32.5 Å². The Kier molecular flexibility index (Phi) is 10.9. The average Bonchev–Trinajstić information content (AvgIpc) is 3.57. The molecule has 0 saturated carbocycles. The molecule has 5 rings (SSSR count). The van der Waals surface area contributed by atoms with Gasteiger partial charge >= 0.3 is 6.72 Å². The van der Waals surface area contributed by atoms with Crippen molar-refractivity contribution in [2.45, 2.75) is 115 Å². The first-order valence-electron chi connectivity index (χ1n) is 16.3. The molecule has 2 saturated heterocycles. The maximum absolute atomic E-state index is 14.8. The Morgan fingerprint density at radius 2 is 1.56 bits per heavy atom. The van der Waals surface area contributed by atoms with Crippen LogP contribution in [0.3, 0.4) is 0 Å². The van der Waals surface area contributed by atoms with Crippen molar-refractivity contribution in [1.29, 1.82) is 0 Å². The first-order chi connectivity index (χ1) is 23.0. The highest BCUT2D eigenvalue weighted by atomic mass is 32.5. The lowest BCUT2D eigenvalue weighted by Gasteiger charge is -2.44. The molecule has 2 aliphatic rings. The Morgan fingerprint density at radius 3 is 2.18 bits per heavy atom. The van der Waals surface area contributed by atoms with Crippen LogP contribution < -0.4 is 5.73 Å². The van der Waals surface area contributed by atoms with Gasteiger partial charge in [-0.1, -0.05) is 41.5 Å². The number of benzene rings is 1. The molecule has 2 fully saturated rings. The van der Waals surface area contributed by atoms with Crippen molar-refractivity contribution >= 4 is 52.1 Å². The van der Waals surface area contributed by atoms with E-state index in [4.69, 9.17) is 44.7 Å². The lowest BCUT2D eigenvalue weighted by atomic mass is 10.1. The quantitative estimate of drug-likeness (QED) is 0.0746. The van der Waals surface area contributed by atoms with Gasteiger partial charge in [-0.2, -0.15) is 0 Å². The molecule has 2 N–H and O–H groups in total. The summed E-state index contributed by atoms with van der Waals surface area (Å²) in [5.74, 6) is -6.76. The van der Waals surface area contributed by atoms with E-state index in [1.807, 2.05) is 0 Å². The largest absolute Gasteiger partial charge is 0.408 e. The predicted octanol–water partition coefficient (Wildman–Crippen LogP) is 8.06. The third-order valence-corrected chi connectivity index (χ3v) is 21.5. The standard InChI is InChI=1S/C31H46F4N5O6PSSi2/c1-30(2,3)49(7,8)45-25-20(14-42-47(48)41-12-11-19(44-47)17-13-18(32)22(34)23(35)21(17)33)43-29(26(25)46-50(9,10)31(4,5)6)40-16-39-24-27(36)37-15-38-28(24)40/h13,15-16,19-20,25-26,29H,11-12,14H2,1-10H3,(H2,36,37,38)/t19?,20-,25-,26-,29-,47?/m1/s1. The fourth-order valence-electron chi connectivity index (χ4n) is 5.20. The summed E-state index contributed by atoms with van der Waals surface area (Å²) < 4.78 is 97.2. The Morgan fingerprint density at radius 1 is 0.940 bits per heavy atom. The van der Waals surface area contributed by atoms with Gasteiger partial charge in [0.25, 0.3) is 0 Å². The van der Waals surface area contributed by atoms with Crippen molar-refractivity contribution < 1.29 is 44.7 Å². The molecule has 2 aromatic heterocycles. The first kappa shape index (κ1) is 39.3. The number of anilines is 1. The number of fused-ring (bicyclic) bond motifs is 1. The molecule has 11 nitrogen and oxygen atoms in total. The molecule has 4 heterocycles. The molecule has 1 aromatic carbocycles. The Labute approximate surface area is 297 Å². The molecule has 0 spiro atoms. The van der Waals surface area contributed by atoms with Gasteiger partial charge in [0, 0.05) is 12.0 Å². The molecule has 0 radical (unpaired) electrons. The normalized spacial score (nSPS) is 27.0. The van der Waals surface area contributed by atoms with Crippen LogP contribution in [0.4, 0.5) is 23.4 Å². The van der Waals surface area contributed by atoms with E-state index in [1.54, 1.807) is 10.9 Å². The number of nitrogens with two attached hydrogens (primary N) is 1. The van der Waals surface area contributed by atoms with Gasteiger partial charge in [-0.15, -0.1) is 0 Å². The first-order valence-corrected chi connectivity index (χ1v) is 24.7.